The van der Waals surface area contributed by atoms with Crippen molar-refractivity contribution in [1.29, 1.82) is 0 Å². The zero-order valence-corrected chi connectivity index (χ0v) is 11.8. The van der Waals surface area contributed by atoms with E-state index in [1.807, 2.05) is 19.0 Å². The molecule has 0 aliphatic heterocycles. The molecular weight excluding hydrogens is 260 g/mol. The topological polar surface area (TPSA) is 98.3 Å². The molecular formula is C13H20N4O3. The molecule has 0 bridgehead atoms. The van der Waals surface area contributed by atoms with Gasteiger partial charge in [0, 0.05) is 13.0 Å². The Morgan fingerprint density at radius 1 is 1.50 bits per heavy atom. The Hall–Kier alpha value is -1.89. The molecule has 0 aromatic carbocycles. The molecule has 20 heavy (non-hydrogen) atoms. The molecule has 1 saturated carbocycles. The van der Waals surface area contributed by atoms with E-state index in [0.717, 1.165) is 19.3 Å². The number of carboxylic acids is 1. The van der Waals surface area contributed by atoms with E-state index in [0.29, 0.717) is 18.8 Å². The van der Waals surface area contributed by atoms with Gasteiger partial charge >= 0.3 is 5.97 Å². The van der Waals surface area contributed by atoms with Crippen LogP contribution in [0.3, 0.4) is 0 Å². The lowest BCUT2D eigenvalue weighted by Crippen LogP contribution is -2.52. The van der Waals surface area contributed by atoms with E-state index in [1.165, 1.54) is 6.20 Å². The van der Waals surface area contributed by atoms with Crippen molar-refractivity contribution in [2.24, 2.45) is 0 Å². The molecule has 1 aliphatic rings. The van der Waals surface area contributed by atoms with Crippen LogP contribution in [-0.4, -0.2) is 52.5 Å². The molecule has 110 valence electrons. The van der Waals surface area contributed by atoms with Crippen LogP contribution < -0.4 is 5.32 Å². The lowest BCUT2D eigenvalue weighted by atomic mass is 9.76. The average Bonchev–Trinajstić information content (AvgIpc) is 2.81. The standard InChI is InChI=1S/C13H20N4O3/c1-17(2)7-4-10(18)16-13(5-3-6-13)12-14-8-9(15-12)11(19)20/h8H,3-7H2,1-2H3,(H,14,15)(H,16,18)(H,19,20). The summed E-state index contributed by atoms with van der Waals surface area (Å²) in [5, 5.41) is 11.9. The van der Waals surface area contributed by atoms with Gasteiger partial charge in [0.2, 0.25) is 5.91 Å². The minimum Gasteiger partial charge on any atom is -0.477 e. The fourth-order valence-electron chi connectivity index (χ4n) is 2.28. The molecule has 1 fully saturated rings. The smallest absolute Gasteiger partial charge is 0.353 e. The Morgan fingerprint density at radius 3 is 2.65 bits per heavy atom. The molecule has 0 saturated heterocycles. The minimum atomic E-state index is -1.04. The van der Waals surface area contributed by atoms with E-state index in [9.17, 15) is 9.59 Å². The summed E-state index contributed by atoms with van der Waals surface area (Å²) in [5.41, 5.74) is -0.467. The molecule has 0 unspecified atom stereocenters. The zero-order valence-electron chi connectivity index (χ0n) is 11.8. The van der Waals surface area contributed by atoms with Gasteiger partial charge in [-0.25, -0.2) is 9.78 Å². The van der Waals surface area contributed by atoms with Crippen molar-refractivity contribution < 1.29 is 14.7 Å². The van der Waals surface area contributed by atoms with Crippen molar-refractivity contribution in [3.63, 3.8) is 0 Å². The van der Waals surface area contributed by atoms with Crippen molar-refractivity contribution in [3.8, 4) is 0 Å². The van der Waals surface area contributed by atoms with Crippen LogP contribution in [0.5, 0.6) is 0 Å². The highest BCUT2D eigenvalue weighted by Crippen LogP contribution is 2.39. The minimum absolute atomic E-state index is 0.0355. The fraction of sp³-hybridized carbons (Fsp3) is 0.615. The number of aromatic amines is 1. The number of carbonyl (C=O) groups excluding carboxylic acids is 1. The second kappa shape index (κ2) is 5.62. The Labute approximate surface area is 117 Å². The number of imidazole rings is 1. The predicted octanol–water partition coefficient (Wildman–Crippen LogP) is 0.555. The maximum absolute atomic E-state index is 12.0. The number of hydrogen-bond donors (Lipinski definition) is 3. The molecule has 1 amide bonds. The summed E-state index contributed by atoms with van der Waals surface area (Å²) < 4.78 is 0. The highest BCUT2D eigenvalue weighted by Gasteiger charge is 2.42. The van der Waals surface area contributed by atoms with Gasteiger partial charge < -0.3 is 20.3 Å². The van der Waals surface area contributed by atoms with E-state index in [-0.39, 0.29) is 11.6 Å². The number of rotatable bonds is 6. The molecule has 7 nitrogen and oxygen atoms in total. The molecule has 2 rings (SSSR count). The van der Waals surface area contributed by atoms with Gasteiger partial charge in [0.25, 0.3) is 0 Å². The van der Waals surface area contributed by atoms with E-state index in [1.54, 1.807) is 0 Å². The lowest BCUT2D eigenvalue weighted by Gasteiger charge is -2.40. The molecule has 0 radical (unpaired) electrons. The van der Waals surface area contributed by atoms with E-state index >= 15 is 0 Å². The SMILES string of the molecule is CN(C)CCC(=O)NC1(c2ncc(C(=O)O)[nH]2)CCC1. The third-order valence-electron chi connectivity index (χ3n) is 3.63. The average molecular weight is 280 g/mol. The number of aromatic carboxylic acids is 1. The van der Waals surface area contributed by atoms with Crippen LogP contribution in [0.4, 0.5) is 0 Å². The van der Waals surface area contributed by atoms with E-state index < -0.39 is 11.5 Å². The van der Waals surface area contributed by atoms with Crippen molar-refractivity contribution >= 4 is 11.9 Å². The monoisotopic (exact) mass is 280 g/mol. The normalized spacial score (nSPS) is 16.8. The van der Waals surface area contributed by atoms with Crippen molar-refractivity contribution in [2.45, 2.75) is 31.2 Å². The van der Waals surface area contributed by atoms with Crippen LogP contribution in [0.25, 0.3) is 0 Å². The first-order chi connectivity index (χ1) is 9.43. The Bertz CT molecular complexity index is 505. The van der Waals surface area contributed by atoms with Crippen LogP contribution in [-0.2, 0) is 10.3 Å². The summed E-state index contributed by atoms with van der Waals surface area (Å²) >= 11 is 0. The maximum atomic E-state index is 12.0. The number of amides is 1. The number of carbonyl (C=O) groups is 2. The van der Waals surface area contributed by atoms with Gasteiger partial charge in [-0.2, -0.15) is 0 Å². The molecule has 1 aromatic rings. The highest BCUT2D eigenvalue weighted by atomic mass is 16.4. The number of nitrogens with one attached hydrogen (secondary N) is 2. The number of H-pyrrole nitrogens is 1. The predicted molar refractivity (Wildman–Crippen MR) is 72.4 cm³/mol. The third-order valence-corrected chi connectivity index (χ3v) is 3.63. The van der Waals surface area contributed by atoms with Crippen LogP contribution in [0.1, 0.15) is 42.0 Å². The van der Waals surface area contributed by atoms with Crippen LogP contribution in [0, 0.1) is 0 Å². The molecule has 3 N–H and O–H groups in total. The molecule has 0 atom stereocenters. The Balaban J connectivity index is 2.05. The fourth-order valence-corrected chi connectivity index (χ4v) is 2.28. The van der Waals surface area contributed by atoms with Gasteiger partial charge in [-0.1, -0.05) is 0 Å². The van der Waals surface area contributed by atoms with Gasteiger partial charge in [0.1, 0.15) is 11.5 Å². The Morgan fingerprint density at radius 2 is 2.20 bits per heavy atom. The second-order valence-electron chi connectivity index (χ2n) is 5.49. The first-order valence-corrected chi connectivity index (χ1v) is 6.67. The molecule has 1 aliphatic carbocycles. The first-order valence-electron chi connectivity index (χ1n) is 6.67. The lowest BCUT2D eigenvalue weighted by molar-refractivity contribution is -0.124. The summed E-state index contributed by atoms with van der Waals surface area (Å²) in [6.45, 7) is 0.681. The van der Waals surface area contributed by atoms with Crippen LogP contribution in [0.15, 0.2) is 6.20 Å². The zero-order chi connectivity index (χ0) is 14.8. The van der Waals surface area contributed by atoms with Gasteiger partial charge in [-0.3, -0.25) is 4.79 Å². The van der Waals surface area contributed by atoms with Gasteiger partial charge in [-0.15, -0.1) is 0 Å². The molecule has 0 spiro atoms. The number of aromatic nitrogens is 2. The van der Waals surface area contributed by atoms with Crippen molar-refractivity contribution in [2.75, 3.05) is 20.6 Å². The quantitative estimate of drug-likeness (QED) is 0.707. The van der Waals surface area contributed by atoms with Crippen molar-refractivity contribution in [3.05, 3.63) is 17.7 Å². The number of hydrogen-bond acceptors (Lipinski definition) is 4. The third kappa shape index (κ3) is 2.98. The van der Waals surface area contributed by atoms with Gasteiger partial charge in [0.15, 0.2) is 0 Å². The summed E-state index contributed by atoms with van der Waals surface area (Å²) in [7, 11) is 3.83. The largest absolute Gasteiger partial charge is 0.477 e. The van der Waals surface area contributed by atoms with E-state index in [2.05, 4.69) is 15.3 Å². The molecule has 1 aromatic heterocycles. The molecule has 1 heterocycles. The maximum Gasteiger partial charge on any atom is 0.353 e. The number of nitrogens with zero attached hydrogens (tertiary/aromatic N) is 2. The summed E-state index contributed by atoms with van der Waals surface area (Å²) in [6.07, 6.45) is 4.28. The van der Waals surface area contributed by atoms with Crippen molar-refractivity contribution in [1.82, 2.24) is 20.2 Å². The van der Waals surface area contributed by atoms with Gasteiger partial charge in [0.05, 0.1) is 11.7 Å². The highest BCUT2D eigenvalue weighted by molar-refractivity contribution is 5.85. The summed E-state index contributed by atoms with van der Waals surface area (Å²) in [6, 6.07) is 0. The van der Waals surface area contributed by atoms with Crippen LogP contribution in [0.2, 0.25) is 0 Å². The number of carboxylic acid groups (broad SMARTS) is 1. The first kappa shape index (κ1) is 14.5. The van der Waals surface area contributed by atoms with Gasteiger partial charge in [-0.05, 0) is 33.4 Å². The van der Waals surface area contributed by atoms with E-state index in [4.69, 9.17) is 5.11 Å². The Kier molecular flexibility index (Phi) is 4.08. The van der Waals surface area contributed by atoms with Crippen LogP contribution >= 0.6 is 0 Å². The summed E-state index contributed by atoms with van der Waals surface area (Å²) in [4.78, 5) is 31.7. The summed E-state index contributed by atoms with van der Waals surface area (Å²) in [5.74, 6) is -0.539. The molecule has 7 heteroatoms. The second-order valence-corrected chi connectivity index (χ2v) is 5.49.